The van der Waals surface area contributed by atoms with Crippen molar-refractivity contribution in [2.45, 2.75) is 23.3 Å². The Hall–Kier alpha value is -0.770. The van der Waals surface area contributed by atoms with Gasteiger partial charge in [0.25, 0.3) is 10.0 Å². The molecule has 0 aliphatic rings. The van der Waals surface area contributed by atoms with Crippen molar-refractivity contribution in [3.63, 3.8) is 0 Å². The molecule has 0 atom stereocenters. The highest BCUT2D eigenvalue weighted by Gasteiger charge is 2.91. The lowest BCUT2D eigenvalue weighted by Crippen LogP contribution is -2.73. The third-order valence-corrected chi connectivity index (χ3v) is 5.45. The summed E-state index contributed by atoms with van der Waals surface area (Å²) in [5.41, 5.74) is 0. The second kappa shape index (κ2) is 4.87. The fourth-order valence-electron chi connectivity index (χ4n) is 1.20. The molecule has 0 aromatic heterocycles. The van der Waals surface area contributed by atoms with E-state index < -0.39 is 43.3 Å². The Morgan fingerprint density at radius 3 is 1.05 bits per heavy atom. The minimum absolute atomic E-state index is 0.238. The summed E-state index contributed by atoms with van der Waals surface area (Å²) in [7, 11) is -12.9. The summed E-state index contributed by atoms with van der Waals surface area (Å²) in [5.74, 6) is 0. The lowest BCUT2D eigenvalue weighted by atomic mass is 10.1. The molecule has 0 aromatic rings. The Labute approximate surface area is 111 Å². The molecule has 5 nitrogen and oxygen atoms in total. The number of alkyl halides is 9. The topological polar surface area (TPSA) is 80.3 Å². The van der Waals surface area contributed by atoms with E-state index >= 15 is 0 Å². The predicted octanol–water partition coefficient (Wildman–Crippen LogP) is 1.29. The van der Waals surface area contributed by atoms with Gasteiger partial charge < -0.3 is 0 Å². The summed E-state index contributed by atoms with van der Waals surface area (Å²) < 4.78 is 147. The molecule has 0 heterocycles. The van der Waals surface area contributed by atoms with E-state index in [1.807, 2.05) is 0 Å². The molecule has 0 fully saturated rings. The molecule has 0 spiro atoms. The lowest BCUT2D eigenvalue weighted by molar-refractivity contribution is -0.347. The van der Waals surface area contributed by atoms with Crippen LogP contribution in [0.2, 0.25) is 0 Å². The van der Waals surface area contributed by atoms with Crippen LogP contribution in [0.1, 0.15) is 0 Å². The van der Waals surface area contributed by atoms with Crippen LogP contribution in [-0.4, -0.2) is 46.4 Å². The van der Waals surface area contributed by atoms with E-state index in [9.17, 15) is 56.3 Å². The SMILES string of the molecule is CS(=O)(=O)NS(=O)(=O)C(C(F)(F)F)(C(F)(F)F)C(F)(F)F. The maximum atomic E-state index is 12.4. The van der Waals surface area contributed by atoms with E-state index in [1.165, 1.54) is 0 Å². The van der Waals surface area contributed by atoms with Gasteiger partial charge in [0.2, 0.25) is 10.0 Å². The first-order valence-electron chi connectivity index (χ1n) is 4.14. The van der Waals surface area contributed by atoms with Gasteiger partial charge in [-0.3, -0.25) is 0 Å². The van der Waals surface area contributed by atoms with Crippen LogP contribution >= 0.6 is 0 Å². The molecule has 0 saturated heterocycles. The van der Waals surface area contributed by atoms with Crippen molar-refractivity contribution in [1.82, 2.24) is 4.13 Å². The van der Waals surface area contributed by atoms with Gasteiger partial charge in [-0.2, -0.15) is 39.5 Å². The average Bonchev–Trinajstić information content (AvgIpc) is 1.84. The number of rotatable bonds is 3. The van der Waals surface area contributed by atoms with Gasteiger partial charge in [-0.05, 0) is 0 Å². The zero-order chi connectivity index (χ0) is 17.7. The first kappa shape index (κ1) is 20.2. The minimum Gasteiger partial charge on any atom is -0.212 e. The van der Waals surface area contributed by atoms with Crippen molar-refractivity contribution in [3.8, 4) is 0 Å². The number of hydrogen-bond donors (Lipinski definition) is 1. The Morgan fingerprint density at radius 1 is 0.667 bits per heavy atom. The second-order valence-corrected chi connectivity index (χ2v) is 7.36. The molecule has 0 bridgehead atoms. The summed E-state index contributed by atoms with van der Waals surface area (Å²) in [6.45, 7) is 0. The Kier molecular flexibility index (Phi) is 4.69. The number of hydrogen-bond acceptors (Lipinski definition) is 4. The second-order valence-electron chi connectivity index (χ2n) is 3.53. The normalized spacial score (nSPS) is 16.1. The molecule has 1 N–H and O–H groups in total. The quantitative estimate of drug-likeness (QED) is 0.752. The summed E-state index contributed by atoms with van der Waals surface area (Å²) >= 11 is 0. The van der Waals surface area contributed by atoms with Crippen molar-refractivity contribution >= 4 is 20.0 Å². The van der Waals surface area contributed by atoms with E-state index in [-0.39, 0.29) is 10.4 Å². The number of sulfonamides is 2. The Balaban J connectivity index is 6.89. The number of nitrogens with one attached hydrogen (secondary N) is 1. The van der Waals surface area contributed by atoms with Crippen LogP contribution in [0.25, 0.3) is 0 Å². The van der Waals surface area contributed by atoms with Gasteiger partial charge in [0.05, 0.1) is 6.26 Å². The van der Waals surface area contributed by atoms with Gasteiger partial charge >= 0.3 is 23.3 Å². The largest absolute Gasteiger partial charge is 0.427 e. The predicted molar refractivity (Wildman–Crippen MR) is 47.8 cm³/mol. The standard InChI is InChI=1S/C5H4F9NO4S2/c1-20(16,17)15-21(18,19)2(3(6,7)8,4(9,10)11)5(12,13)14/h15H,1H3. The first-order valence-corrected chi connectivity index (χ1v) is 7.51. The highest BCUT2D eigenvalue weighted by Crippen LogP contribution is 2.56. The smallest absolute Gasteiger partial charge is 0.212 e. The summed E-state index contributed by atoms with van der Waals surface area (Å²) in [4.78, 5) is 0. The molecular weight excluding hydrogens is 373 g/mol. The van der Waals surface area contributed by atoms with Gasteiger partial charge in [0.15, 0.2) is 0 Å². The molecular formula is C5H4F9NO4S2. The molecule has 0 amide bonds. The molecule has 16 heteroatoms. The zero-order valence-corrected chi connectivity index (χ0v) is 11.0. The molecule has 0 rings (SSSR count). The third kappa shape index (κ3) is 3.36. The highest BCUT2D eigenvalue weighted by molar-refractivity contribution is 8.05. The van der Waals surface area contributed by atoms with E-state index in [0.717, 1.165) is 0 Å². The van der Waals surface area contributed by atoms with Gasteiger partial charge in [-0.15, -0.1) is 4.13 Å². The van der Waals surface area contributed by atoms with Crippen molar-refractivity contribution in [3.05, 3.63) is 0 Å². The molecule has 0 saturated carbocycles. The maximum Gasteiger partial charge on any atom is 0.427 e. The minimum atomic E-state index is -7.53. The van der Waals surface area contributed by atoms with Crippen LogP contribution in [0, 0.1) is 0 Å². The van der Waals surface area contributed by atoms with Crippen LogP contribution < -0.4 is 4.13 Å². The first-order chi connectivity index (χ1) is 8.71. The van der Waals surface area contributed by atoms with Gasteiger partial charge in [0.1, 0.15) is 0 Å². The van der Waals surface area contributed by atoms with Crippen molar-refractivity contribution in [2.75, 3.05) is 6.26 Å². The summed E-state index contributed by atoms with van der Waals surface area (Å²) in [6, 6.07) is 0. The fraction of sp³-hybridized carbons (Fsp3) is 1.00. The van der Waals surface area contributed by atoms with E-state index in [0.29, 0.717) is 0 Å². The van der Waals surface area contributed by atoms with Gasteiger partial charge in [-0.1, -0.05) is 0 Å². The van der Waals surface area contributed by atoms with Crippen LogP contribution in [0.5, 0.6) is 0 Å². The summed E-state index contributed by atoms with van der Waals surface area (Å²) in [6.07, 6.45) is -22.5. The molecule has 0 aromatic carbocycles. The third-order valence-electron chi connectivity index (χ3n) is 1.86. The monoisotopic (exact) mass is 377 g/mol. The van der Waals surface area contributed by atoms with Gasteiger partial charge in [0, 0.05) is 0 Å². The lowest BCUT2D eigenvalue weighted by Gasteiger charge is -2.37. The maximum absolute atomic E-state index is 12.4. The summed E-state index contributed by atoms with van der Waals surface area (Å²) in [5, 5.41) is 0. The molecule has 0 unspecified atom stereocenters. The Bertz CT molecular complexity index is 559. The molecule has 21 heavy (non-hydrogen) atoms. The Morgan fingerprint density at radius 2 is 0.905 bits per heavy atom. The van der Waals surface area contributed by atoms with Gasteiger partial charge in [-0.25, -0.2) is 16.8 Å². The fourth-order valence-corrected chi connectivity index (χ4v) is 4.21. The zero-order valence-electron chi connectivity index (χ0n) is 9.35. The van der Waals surface area contributed by atoms with Crippen molar-refractivity contribution in [2.24, 2.45) is 0 Å². The van der Waals surface area contributed by atoms with Crippen molar-refractivity contribution < 1.29 is 56.3 Å². The van der Waals surface area contributed by atoms with Crippen LogP contribution in [0.15, 0.2) is 0 Å². The molecule has 0 aliphatic heterocycles. The molecule has 128 valence electrons. The van der Waals surface area contributed by atoms with Crippen LogP contribution in [0.4, 0.5) is 39.5 Å². The van der Waals surface area contributed by atoms with E-state index in [2.05, 4.69) is 0 Å². The average molecular weight is 377 g/mol. The number of halogens is 9. The van der Waals surface area contributed by atoms with Crippen LogP contribution in [0.3, 0.4) is 0 Å². The van der Waals surface area contributed by atoms with Crippen LogP contribution in [-0.2, 0) is 20.0 Å². The molecule has 0 aliphatic carbocycles. The van der Waals surface area contributed by atoms with E-state index in [1.54, 1.807) is 0 Å². The van der Waals surface area contributed by atoms with Crippen molar-refractivity contribution in [1.29, 1.82) is 0 Å². The highest BCUT2D eigenvalue weighted by atomic mass is 32.3. The molecule has 0 radical (unpaired) electrons. The van der Waals surface area contributed by atoms with E-state index in [4.69, 9.17) is 0 Å².